The molecule has 0 aromatic heterocycles. The van der Waals surface area contributed by atoms with Crippen LogP contribution >= 0.6 is 0 Å². The number of esters is 1. The highest BCUT2D eigenvalue weighted by Crippen LogP contribution is 2.15. The van der Waals surface area contributed by atoms with Gasteiger partial charge in [-0.15, -0.1) is 0 Å². The predicted molar refractivity (Wildman–Crippen MR) is 69.4 cm³/mol. The normalized spacial score (nSPS) is 10.4. The van der Waals surface area contributed by atoms with E-state index < -0.39 is 0 Å². The lowest BCUT2D eigenvalue weighted by Gasteiger charge is -2.11. The lowest BCUT2D eigenvalue weighted by molar-refractivity contribution is -0.134. The molecule has 0 bridgehead atoms. The molecular weight excluding hydrogens is 216 g/mol. The number of hydrogen-bond acceptors (Lipinski definition) is 4. The number of anilines is 1. The summed E-state index contributed by atoms with van der Waals surface area (Å²) in [7, 11) is 4.07. The average molecular weight is 236 g/mol. The molecule has 0 radical (unpaired) electrons. The van der Waals surface area contributed by atoms with Crippen molar-refractivity contribution in [2.24, 2.45) is 0 Å². The van der Waals surface area contributed by atoms with Gasteiger partial charge in [-0.1, -0.05) is 6.92 Å². The van der Waals surface area contributed by atoms with Gasteiger partial charge in [0.2, 0.25) is 0 Å². The van der Waals surface area contributed by atoms with Crippen LogP contribution in [0.2, 0.25) is 0 Å². The molecule has 17 heavy (non-hydrogen) atoms. The molecule has 1 aromatic rings. The largest absolute Gasteiger partial charge is 0.427 e. The number of benzene rings is 1. The van der Waals surface area contributed by atoms with Crippen molar-refractivity contribution in [3.05, 3.63) is 24.3 Å². The van der Waals surface area contributed by atoms with E-state index in [1.54, 1.807) is 19.1 Å². The Morgan fingerprint density at radius 1 is 1.29 bits per heavy atom. The first-order valence-corrected chi connectivity index (χ1v) is 5.81. The first-order valence-electron chi connectivity index (χ1n) is 5.81. The molecule has 0 unspecified atom stereocenters. The summed E-state index contributed by atoms with van der Waals surface area (Å²) in [6.07, 6.45) is 0.392. The summed E-state index contributed by atoms with van der Waals surface area (Å²) in [5, 5.41) is 3.29. The van der Waals surface area contributed by atoms with Crippen LogP contribution in [0.4, 0.5) is 5.69 Å². The number of hydrogen-bond donors (Lipinski definition) is 1. The molecule has 0 aliphatic rings. The third kappa shape index (κ3) is 5.36. The maximum Gasteiger partial charge on any atom is 0.310 e. The SMILES string of the molecule is CCC(=O)Oc1ccc(NCCN(C)C)cc1. The van der Waals surface area contributed by atoms with E-state index in [9.17, 15) is 4.79 Å². The van der Waals surface area contributed by atoms with Gasteiger partial charge >= 0.3 is 5.97 Å². The number of carbonyl (C=O) groups is 1. The summed E-state index contributed by atoms with van der Waals surface area (Å²) in [6.45, 7) is 3.65. The van der Waals surface area contributed by atoms with Crippen LogP contribution in [-0.4, -0.2) is 38.1 Å². The van der Waals surface area contributed by atoms with Gasteiger partial charge < -0.3 is 15.0 Å². The van der Waals surface area contributed by atoms with Crippen LogP contribution in [0.1, 0.15) is 13.3 Å². The molecule has 1 rings (SSSR count). The smallest absolute Gasteiger partial charge is 0.310 e. The van der Waals surface area contributed by atoms with E-state index in [0.29, 0.717) is 12.2 Å². The lowest BCUT2D eigenvalue weighted by Crippen LogP contribution is -2.20. The number of nitrogens with zero attached hydrogens (tertiary/aromatic N) is 1. The van der Waals surface area contributed by atoms with Crippen LogP contribution in [0.25, 0.3) is 0 Å². The van der Waals surface area contributed by atoms with Gasteiger partial charge in [-0.25, -0.2) is 0 Å². The van der Waals surface area contributed by atoms with Gasteiger partial charge in [0.1, 0.15) is 5.75 Å². The molecular formula is C13H20N2O2. The standard InChI is InChI=1S/C13H20N2O2/c1-4-13(16)17-12-7-5-11(6-8-12)14-9-10-15(2)3/h5-8,14H,4,9-10H2,1-3H3. The summed E-state index contributed by atoms with van der Waals surface area (Å²) >= 11 is 0. The zero-order chi connectivity index (χ0) is 12.7. The minimum atomic E-state index is -0.210. The Morgan fingerprint density at radius 3 is 2.47 bits per heavy atom. The van der Waals surface area contributed by atoms with Gasteiger partial charge in [-0.3, -0.25) is 4.79 Å². The van der Waals surface area contributed by atoms with Crippen LogP contribution in [0.15, 0.2) is 24.3 Å². The summed E-state index contributed by atoms with van der Waals surface area (Å²) in [5.41, 5.74) is 1.03. The molecule has 1 aromatic carbocycles. The number of ether oxygens (including phenoxy) is 1. The van der Waals surface area contributed by atoms with Gasteiger partial charge in [-0.05, 0) is 38.4 Å². The van der Waals surface area contributed by atoms with Crippen molar-refractivity contribution in [3.63, 3.8) is 0 Å². The quantitative estimate of drug-likeness (QED) is 0.605. The Labute approximate surface area is 103 Å². The highest BCUT2D eigenvalue weighted by molar-refractivity contribution is 5.72. The van der Waals surface area contributed by atoms with Gasteiger partial charge in [0.05, 0.1) is 0 Å². The van der Waals surface area contributed by atoms with Crippen molar-refractivity contribution < 1.29 is 9.53 Å². The molecule has 0 spiro atoms. The van der Waals surface area contributed by atoms with E-state index in [0.717, 1.165) is 18.8 Å². The number of nitrogens with one attached hydrogen (secondary N) is 1. The second-order valence-electron chi connectivity index (χ2n) is 4.08. The van der Waals surface area contributed by atoms with Crippen LogP contribution in [0.5, 0.6) is 5.75 Å². The maximum atomic E-state index is 11.1. The van der Waals surface area contributed by atoms with E-state index in [1.165, 1.54) is 0 Å². The molecule has 94 valence electrons. The third-order valence-corrected chi connectivity index (χ3v) is 2.26. The zero-order valence-electron chi connectivity index (χ0n) is 10.7. The van der Waals surface area contributed by atoms with Crippen LogP contribution < -0.4 is 10.1 Å². The molecule has 1 N–H and O–H groups in total. The molecule has 0 aliphatic carbocycles. The Morgan fingerprint density at radius 2 is 1.94 bits per heavy atom. The second-order valence-corrected chi connectivity index (χ2v) is 4.08. The van der Waals surface area contributed by atoms with E-state index in [4.69, 9.17) is 4.74 Å². The summed E-state index contributed by atoms with van der Waals surface area (Å²) in [5.74, 6) is 0.383. The highest BCUT2D eigenvalue weighted by Gasteiger charge is 2.01. The molecule has 0 saturated carbocycles. The lowest BCUT2D eigenvalue weighted by atomic mass is 10.3. The van der Waals surface area contributed by atoms with Crippen molar-refractivity contribution >= 4 is 11.7 Å². The van der Waals surface area contributed by atoms with Crippen molar-refractivity contribution in [2.75, 3.05) is 32.5 Å². The maximum absolute atomic E-state index is 11.1. The van der Waals surface area contributed by atoms with Crippen molar-refractivity contribution in [3.8, 4) is 5.75 Å². The van der Waals surface area contributed by atoms with Crippen LogP contribution in [0.3, 0.4) is 0 Å². The second kappa shape index (κ2) is 6.91. The predicted octanol–water partition coefficient (Wildman–Crippen LogP) is 1.98. The molecule has 4 nitrogen and oxygen atoms in total. The van der Waals surface area contributed by atoms with Crippen molar-refractivity contribution in [1.29, 1.82) is 0 Å². The number of carbonyl (C=O) groups excluding carboxylic acids is 1. The molecule has 0 amide bonds. The molecule has 0 fully saturated rings. The first-order chi connectivity index (χ1) is 8.11. The zero-order valence-corrected chi connectivity index (χ0v) is 10.7. The Kier molecular flexibility index (Phi) is 5.49. The topological polar surface area (TPSA) is 41.6 Å². The number of rotatable bonds is 6. The van der Waals surface area contributed by atoms with E-state index in [1.807, 2.05) is 26.2 Å². The summed E-state index contributed by atoms with van der Waals surface area (Å²) in [6, 6.07) is 7.42. The fraction of sp³-hybridized carbons (Fsp3) is 0.462. The minimum Gasteiger partial charge on any atom is -0.427 e. The molecule has 4 heteroatoms. The van der Waals surface area contributed by atoms with Gasteiger partial charge in [0.25, 0.3) is 0 Å². The summed E-state index contributed by atoms with van der Waals surface area (Å²) in [4.78, 5) is 13.2. The fourth-order valence-electron chi connectivity index (χ4n) is 1.27. The van der Waals surface area contributed by atoms with E-state index in [-0.39, 0.29) is 5.97 Å². The molecule has 0 heterocycles. The van der Waals surface area contributed by atoms with Gasteiger partial charge in [-0.2, -0.15) is 0 Å². The monoisotopic (exact) mass is 236 g/mol. The number of likely N-dealkylation sites (N-methyl/N-ethyl adjacent to an activating group) is 1. The van der Waals surface area contributed by atoms with E-state index in [2.05, 4.69) is 10.2 Å². The Balaban J connectivity index is 2.42. The summed E-state index contributed by atoms with van der Waals surface area (Å²) < 4.78 is 5.09. The first kappa shape index (κ1) is 13.5. The highest BCUT2D eigenvalue weighted by atomic mass is 16.5. The van der Waals surface area contributed by atoms with Gasteiger partial charge in [0, 0.05) is 25.2 Å². The van der Waals surface area contributed by atoms with Crippen LogP contribution in [-0.2, 0) is 4.79 Å². The molecule has 0 atom stereocenters. The molecule has 0 aliphatic heterocycles. The average Bonchev–Trinajstić information content (AvgIpc) is 2.31. The van der Waals surface area contributed by atoms with Crippen molar-refractivity contribution in [1.82, 2.24) is 4.90 Å². The minimum absolute atomic E-state index is 0.210. The van der Waals surface area contributed by atoms with Crippen LogP contribution in [0, 0.1) is 0 Å². The van der Waals surface area contributed by atoms with Gasteiger partial charge in [0.15, 0.2) is 0 Å². The fourth-order valence-corrected chi connectivity index (χ4v) is 1.27. The van der Waals surface area contributed by atoms with Crippen molar-refractivity contribution in [2.45, 2.75) is 13.3 Å². The Hall–Kier alpha value is -1.55. The third-order valence-electron chi connectivity index (χ3n) is 2.26. The Bertz CT molecular complexity index is 347. The van der Waals surface area contributed by atoms with E-state index >= 15 is 0 Å². The molecule has 0 saturated heterocycles.